The first-order chi connectivity index (χ1) is 7.30. The Hall–Kier alpha value is -1.56. The van der Waals surface area contributed by atoms with Crippen molar-refractivity contribution in [1.82, 2.24) is 0 Å². The normalized spacial score (nSPS) is 13.1. The van der Waals surface area contributed by atoms with E-state index < -0.39 is 21.8 Å². The summed E-state index contributed by atoms with van der Waals surface area (Å²) in [6.45, 7) is 1.51. The number of anilines is 1. The van der Waals surface area contributed by atoms with Gasteiger partial charge in [0.15, 0.2) is 9.84 Å². The average molecular weight is 243 g/mol. The third-order valence-corrected chi connectivity index (χ3v) is 3.16. The van der Waals surface area contributed by atoms with Gasteiger partial charge in [-0.2, -0.15) is 0 Å². The maximum atomic E-state index is 11.2. The van der Waals surface area contributed by atoms with Crippen molar-refractivity contribution in [2.75, 3.05) is 11.6 Å². The molecule has 5 nitrogen and oxygen atoms in total. The van der Waals surface area contributed by atoms with Crippen molar-refractivity contribution in [3.63, 3.8) is 0 Å². The summed E-state index contributed by atoms with van der Waals surface area (Å²) < 4.78 is 22.3. The maximum absolute atomic E-state index is 11.2. The van der Waals surface area contributed by atoms with E-state index in [1.807, 2.05) is 0 Å². The van der Waals surface area contributed by atoms with Gasteiger partial charge in [-0.3, -0.25) is 4.79 Å². The molecule has 0 aromatic heterocycles. The molecule has 1 rings (SSSR count). The minimum absolute atomic E-state index is 0.209. The van der Waals surface area contributed by atoms with E-state index in [-0.39, 0.29) is 4.90 Å². The van der Waals surface area contributed by atoms with Gasteiger partial charge in [0.1, 0.15) is 6.04 Å². The highest BCUT2D eigenvalue weighted by atomic mass is 32.2. The summed E-state index contributed by atoms with van der Waals surface area (Å²) in [5.41, 5.74) is 0.572. The lowest BCUT2D eigenvalue weighted by Gasteiger charge is -2.10. The summed E-state index contributed by atoms with van der Waals surface area (Å²) in [5, 5.41) is 11.4. The van der Waals surface area contributed by atoms with Gasteiger partial charge in [0.2, 0.25) is 0 Å². The quantitative estimate of drug-likeness (QED) is 0.823. The second-order valence-corrected chi connectivity index (χ2v) is 5.52. The van der Waals surface area contributed by atoms with Crippen LogP contribution in [0, 0.1) is 0 Å². The highest BCUT2D eigenvalue weighted by Crippen LogP contribution is 2.14. The molecular formula is C10H13NO4S. The van der Waals surface area contributed by atoms with Crippen molar-refractivity contribution >= 4 is 21.5 Å². The summed E-state index contributed by atoms with van der Waals surface area (Å²) in [6, 6.07) is 5.23. The second-order valence-electron chi connectivity index (χ2n) is 3.50. The number of hydrogen-bond acceptors (Lipinski definition) is 4. The van der Waals surface area contributed by atoms with Crippen LogP contribution >= 0.6 is 0 Å². The van der Waals surface area contributed by atoms with E-state index in [0.717, 1.165) is 6.26 Å². The van der Waals surface area contributed by atoms with Gasteiger partial charge >= 0.3 is 5.97 Å². The number of hydrogen-bond donors (Lipinski definition) is 2. The van der Waals surface area contributed by atoms with Crippen molar-refractivity contribution in [3.8, 4) is 0 Å². The van der Waals surface area contributed by atoms with Gasteiger partial charge in [-0.05, 0) is 31.2 Å². The van der Waals surface area contributed by atoms with E-state index in [9.17, 15) is 13.2 Å². The molecule has 0 radical (unpaired) electrons. The third-order valence-electron chi connectivity index (χ3n) is 2.04. The molecule has 0 saturated carbocycles. The molecule has 0 saturated heterocycles. The Morgan fingerprint density at radius 2 is 1.81 bits per heavy atom. The molecule has 0 heterocycles. The molecule has 6 heteroatoms. The minimum atomic E-state index is -3.21. The number of aliphatic carboxylic acids is 1. The SMILES string of the molecule is CC(Nc1ccc(S(C)(=O)=O)cc1)C(=O)O. The van der Waals surface area contributed by atoms with E-state index in [2.05, 4.69) is 5.32 Å². The average Bonchev–Trinajstić information content (AvgIpc) is 2.17. The molecular weight excluding hydrogens is 230 g/mol. The summed E-state index contributed by atoms with van der Waals surface area (Å²) in [4.78, 5) is 10.8. The largest absolute Gasteiger partial charge is 0.480 e. The van der Waals surface area contributed by atoms with Crippen molar-refractivity contribution in [1.29, 1.82) is 0 Å². The van der Waals surface area contributed by atoms with Crippen molar-refractivity contribution in [3.05, 3.63) is 24.3 Å². The lowest BCUT2D eigenvalue weighted by molar-refractivity contribution is -0.137. The standard InChI is InChI=1S/C10H13NO4S/c1-7(10(12)13)11-8-3-5-9(6-4-8)16(2,14)15/h3-7,11H,1-2H3,(H,12,13). The van der Waals surface area contributed by atoms with E-state index in [4.69, 9.17) is 5.11 Å². The number of rotatable bonds is 4. The fourth-order valence-corrected chi connectivity index (χ4v) is 1.74. The molecule has 0 bridgehead atoms. The van der Waals surface area contributed by atoms with Gasteiger partial charge in [0.05, 0.1) is 4.90 Å². The zero-order valence-electron chi connectivity index (χ0n) is 8.97. The van der Waals surface area contributed by atoms with Gasteiger partial charge < -0.3 is 10.4 Å². The van der Waals surface area contributed by atoms with E-state index in [1.54, 1.807) is 0 Å². The van der Waals surface area contributed by atoms with Gasteiger partial charge in [0.25, 0.3) is 0 Å². The summed E-state index contributed by atoms with van der Waals surface area (Å²) >= 11 is 0. The molecule has 16 heavy (non-hydrogen) atoms. The van der Waals surface area contributed by atoms with Crippen LogP contribution < -0.4 is 5.32 Å². The smallest absolute Gasteiger partial charge is 0.325 e. The minimum Gasteiger partial charge on any atom is -0.480 e. The first-order valence-electron chi connectivity index (χ1n) is 4.60. The maximum Gasteiger partial charge on any atom is 0.325 e. The summed E-state index contributed by atoms with van der Waals surface area (Å²) in [7, 11) is -3.21. The van der Waals surface area contributed by atoms with Crippen molar-refractivity contribution in [2.24, 2.45) is 0 Å². The molecule has 0 aliphatic heterocycles. The monoisotopic (exact) mass is 243 g/mol. The Balaban J connectivity index is 2.84. The van der Waals surface area contributed by atoms with E-state index in [0.29, 0.717) is 5.69 Å². The van der Waals surface area contributed by atoms with E-state index in [1.165, 1.54) is 31.2 Å². The first-order valence-corrected chi connectivity index (χ1v) is 6.49. The fourth-order valence-electron chi connectivity index (χ4n) is 1.11. The number of carboxylic acid groups (broad SMARTS) is 1. The number of carboxylic acids is 1. The Bertz CT molecular complexity index is 478. The van der Waals surface area contributed by atoms with Gasteiger partial charge in [-0.15, -0.1) is 0 Å². The van der Waals surface area contributed by atoms with Crippen LogP contribution in [0.2, 0.25) is 0 Å². The predicted molar refractivity (Wildman–Crippen MR) is 60.3 cm³/mol. The Labute approximate surface area is 94.0 Å². The lowest BCUT2D eigenvalue weighted by atomic mass is 10.2. The lowest BCUT2D eigenvalue weighted by Crippen LogP contribution is -2.25. The van der Waals surface area contributed by atoms with Crippen LogP contribution in [0.3, 0.4) is 0 Å². The van der Waals surface area contributed by atoms with Crippen LogP contribution in [0.15, 0.2) is 29.2 Å². The molecule has 88 valence electrons. The summed E-state index contributed by atoms with van der Waals surface area (Å²) in [6.07, 6.45) is 1.12. The van der Waals surface area contributed by atoms with Crippen LogP contribution in [0.25, 0.3) is 0 Å². The highest BCUT2D eigenvalue weighted by Gasteiger charge is 2.11. The Morgan fingerprint density at radius 1 is 1.31 bits per heavy atom. The van der Waals surface area contributed by atoms with E-state index >= 15 is 0 Å². The third kappa shape index (κ3) is 3.23. The topological polar surface area (TPSA) is 83.5 Å². The number of benzene rings is 1. The second kappa shape index (κ2) is 4.52. The molecule has 0 amide bonds. The number of carbonyl (C=O) groups is 1. The zero-order valence-corrected chi connectivity index (χ0v) is 9.78. The molecule has 1 aromatic carbocycles. The fraction of sp³-hybridized carbons (Fsp3) is 0.300. The molecule has 2 N–H and O–H groups in total. The van der Waals surface area contributed by atoms with Gasteiger partial charge in [0, 0.05) is 11.9 Å². The van der Waals surface area contributed by atoms with Crippen LogP contribution in [0.1, 0.15) is 6.92 Å². The van der Waals surface area contributed by atoms with Crippen molar-refractivity contribution in [2.45, 2.75) is 17.9 Å². The van der Waals surface area contributed by atoms with Crippen LogP contribution in [-0.4, -0.2) is 31.8 Å². The van der Waals surface area contributed by atoms with Gasteiger partial charge in [-0.25, -0.2) is 8.42 Å². The molecule has 0 aliphatic carbocycles. The molecule has 1 aromatic rings. The molecule has 1 atom stereocenters. The van der Waals surface area contributed by atoms with Crippen LogP contribution in [-0.2, 0) is 14.6 Å². The van der Waals surface area contributed by atoms with Crippen LogP contribution in [0.4, 0.5) is 5.69 Å². The van der Waals surface area contributed by atoms with Gasteiger partial charge in [-0.1, -0.05) is 0 Å². The Morgan fingerprint density at radius 3 is 2.19 bits per heavy atom. The Kier molecular flexibility index (Phi) is 3.54. The molecule has 0 spiro atoms. The number of sulfone groups is 1. The molecule has 1 unspecified atom stereocenters. The van der Waals surface area contributed by atoms with Crippen molar-refractivity contribution < 1.29 is 18.3 Å². The first kappa shape index (κ1) is 12.5. The summed E-state index contributed by atoms with van der Waals surface area (Å²) in [5.74, 6) is -0.966. The zero-order chi connectivity index (χ0) is 12.3. The predicted octanol–water partition coefficient (Wildman–Crippen LogP) is 0.975. The van der Waals surface area contributed by atoms with Crippen LogP contribution in [0.5, 0.6) is 0 Å². The highest BCUT2D eigenvalue weighted by molar-refractivity contribution is 7.90. The molecule has 0 aliphatic rings. The number of nitrogens with one attached hydrogen (secondary N) is 1. The molecule has 0 fully saturated rings.